The predicted octanol–water partition coefficient (Wildman–Crippen LogP) is 0.864. The number of hydrogen-bond donors (Lipinski definition) is 2. The lowest BCUT2D eigenvalue weighted by Crippen LogP contribution is -2.18. The molecule has 1 aromatic heterocycles. The number of aryl methyl sites for hydroxylation is 1. The fraction of sp³-hybridized carbons (Fsp3) is 0.167. The fourth-order valence-electron chi connectivity index (χ4n) is 1.74. The molecule has 7 nitrogen and oxygen atoms in total. The van der Waals surface area contributed by atoms with Gasteiger partial charge in [0.1, 0.15) is 21.3 Å². The summed E-state index contributed by atoms with van der Waals surface area (Å²) in [6.45, 7) is 0. The van der Waals surface area contributed by atoms with E-state index in [1.807, 2.05) is 0 Å². The summed E-state index contributed by atoms with van der Waals surface area (Å²) in [4.78, 5) is 0.0996. The van der Waals surface area contributed by atoms with E-state index in [0.29, 0.717) is 11.3 Å². The maximum atomic E-state index is 12.4. The van der Waals surface area contributed by atoms with Crippen molar-refractivity contribution in [1.82, 2.24) is 9.78 Å². The van der Waals surface area contributed by atoms with E-state index in [4.69, 9.17) is 22.7 Å². The summed E-state index contributed by atoms with van der Waals surface area (Å²) >= 11 is 4.94. The Balaban J connectivity index is 2.50. The number of aromatic nitrogens is 2. The van der Waals surface area contributed by atoms with Gasteiger partial charge < -0.3 is 10.5 Å². The van der Waals surface area contributed by atoms with E-state index in [-0.39, 0.29) is 15.6 Å². The molecule has 0 radical (unpaired) electrons. The zero-order chi connectivity index (χ0) is 15.6. The summed E-state index contributed by atoms with van der Waals surface area (Å²) in [5, 5.41) is 3.84. The second-order valence-electron chi connectivity index (χ2n) is 4.20. The average Bonchev–Trinajstić information content (AvgIpc) is 2.86. The molecule has 1 heterocycles. The first-order valence-corrected chi connectivity index (χ1v) is 7.72. The third-order valence-corrected chi connectivity index (χ3v) is 4.26. The number of benzene rings is 1. The van der Waals surface area contributed by atoms with Crippen molar-refractivity contribution in [3.8, 4) is 5.75 Å². The molecular weight excluding hydrogens is 312 g/mol. The van der Waals surface area contributed by atoms with Crippen molar-refractivity contribution >= 4 is 32.9 Å². The van der Waals surface area contributed by atoms with Crippen molar-refractivity contribution in [2.75, 3.05) is 11.8 Å². The van der Waals surface area contributed by atoms with Crippen LogP contribution < -0.4 is 15.2 Å². The Labute approximate surface area is 127 Å². The minimum absolute atomic E-state index is 0.0322. The van der Waals surface area contributed by atoms with Gasteiger partial charge in [-0.15, -0.1) is 0 Å². The van der Waals surface area contributed by atoms with Gasteiger partial charge >= 0.3 is 0 Å². The van der Waals surface area contributed by atoms with Crippen molar-refractivity contribution in [3.05, 3.63) is 36.2 Å². The van der Waals surface area contributed by atoms with E-state index < -0.39 is 10.0 Å². The van der Waals surface area contributed by atoms with Crippen LogP contribution in [0.1, 0.15) is 5.56 Å². The number of hydrogen-bond acceptors (Lipinski definition) is 5. The van der Waals surface area contributed by atoms with Gasteiger partial charge in [0.2, 0.25) is 0 Å². The van der Waals surface area contributed by atoms with E-state index in [2.05, 4.69) is 9.82 Å². The molecule has 112 valence electrons. The van der Waals surface area contributed by atoms with E-state index in [0.717, 1.165) is 0 Å². The third kappa shape index (κ3) is 3.14. The predicted molar refractivity (Wildman–Crippen MR) is 82.9 cm³/mol. The second kappa shape index (κ2) is 5.70. The SMILES string of the molecule is COc1cccc(C(N)=S)c1NS(=O)(=O)c1cnn(C)c1. The molecule has 0 fully saturated rings. The molecule has 0 unspecified atom stereocenters. The van der Waals surface area contributed by atoms with Crippen LogP contribution in [-0.4, -0.2) is 30.3 Å². The van der Waals surface area contributed by atoms with Crippen LogP contribution in [0.4, 0.5) is 5.69 Å². The second-order valence-corrected chi connectivity index (χ2v) is 6.32. The Morgan fingerprint density at radius 1 is 1.48 bits per heavy atom. The van der Waals surface area contributed by atoms with E-state index in [1.54, 1.807) is 25.2 Å². The summed E-state index contributed by atoms with van der Waals surface area (Å²) in [5.41, 5.74) is 6.22. The minimum atomic E-state index is -3.81. The number of thiocarbonyl (C=S) groups is 1. The normalized spacial score (nSPS) is 11.1. The van der Waals surface area contributed by atoms with Gasteiger partial charge in [-0.25, -0.2) is 8.42 Å². The first-order chi connectivity index (χ1) is 9.85. The molecule has 0 saturated heterocycles. The molecule has 0 atom stereocenters. The number of nitrogens with two attached hydrogens (primary N) is 1. The first kappa shape index (κ1) is 15.3. The zero-order valence-corrected chi connectivity index (χ0v) is 13.0. The molecule has 0 spiro atoms. The molecule has 9 heteroatoms. The fourth-order valence-corrected chi connectivity index (χ4v) is 2.99. The number of sulfonamides is 1. The van der Waals surface area contributed by atoms with Crippen molar-refractivity contribution in [3.63, 3.8) is 0 Å². The van der Waals surface area contributed by atoms with Crippen LogP contribution in [0.15, 0.2) is 35.5 Å². The maximum absolute atomic E-state index is 12.4. The quantitative estimate of drug-likeness (QED) is 0.791. The van der Waals surface area contributed by atoms with Crippen LogP contribution in [0.5, 0.6) is 5.75 Å². The van der Waals surface area contributed by atoms with Crippen LogP contribution in [0.2, 0.25) is 0 Å². The van der Waals surface area contributed by atoms with Gasteiger partial charge in [-0.2, -0.15) is 5.10 Å². The standard InChI is InChI=1S/C12H14N4O3S2/c1-16-7-8(6-14-16)21(17,18)15-11-9(12(13)20)4-3-5-10(11)19-2/h3-7,15H,1-2H3,(H2,13,20). The van der Waals surface area contributed by atoms with Crippen LogP contribution in [0, 0.1) is 0 Å². The van der Waals surface area contributed by atoms with Crippen LogP contribution in [-0.2, 0) is 17.1 Å². The summed E-state index contributed by atoms with van der Waals surface area (Å²) in [5.74, 6) is 0.327. The largest absolute Gasteiger partial charge is 0.495 e. The van der Waals surface area contributed by atoms with Crippen molar-refractivity contribution in [1.29, 1.82) is 0 Å². The molecule has 0 aliphatic rings. The van der Waals surface area contributed by atoms with Gasteiger partial charge in [-0.05, 0) is 12.1 Å². The van der Waals surface area contributed by atoms with Crippen molar-refractivity contribution < 1.29 is 13.2 Å². The highest BCUT2D eigenvalue weighted by molar-refractivity contribution is 7.92. The Hall–Kier alpha value is -2.13. The number of anilines is 1. The van der Waals surface area contributed by atoms with Crippen molar-refractivity contribution in [2.45, 2.75) is 4.90 Å². The highest BCUT2D eigenvalue weighted by Gasteiger charge is 2.21. The van der Waals surface area contributed by atoms with E-state index >= 15 is 0 Å². The molecule has 0 aliphatic heterocycles. The molecule has 1 aromatic carbocycles. The molecule has 0 saturated carbocycles. The lowest BCUT2D eigenvalue weighted by atomic mass is 10.1. The number of ether oxygens (including phenoxy) is 1. The average molecular weight is 326 g/mol. The molecule has 21 heavy (non-hydrogen) atoms. The number of nitrogens with zero attached hydrogens (tertiary/aromatic N) is 2. The lowest BCUT2D eigenvalue weighted by molar-refractivity contribution is 0.417. The Kier molecular flexibility index (Phi) is 4.14. The zero-order valence-electron chi connectivity index (χ0n) is 11.4. The molecule has 0 amide bonds. The lowest BCUT2D eigenvalue weighted by Gasteiger charge is -2.14. The summed E-state index contributed by atoms with van der Waals surface area (Å²) in [6.07, 6.45) is 2.64. The number of para-hydroxylation sites is 1. The Morgan fingerprint density at radius 2 is 2.19 bits per heavy atom. The minimum Gasteiger partial charge on any atom is -0.495 e. The third-order valence-electron chi connectivity index (χ3n) is 2.74. The topological polar surface area (TPSA) is 99.2 Å². The molecule has 2 aromatic rings. The highest BCUT2D eigenvalue weighted by atomic mass is 32.2. The van der Waals surface area contributed by atoms with Crippen LogP contribution in [0.25, 0.3) is 0 Å². The summed E-state index contributed by atoms with van der Waals surface area (Å²) in [6, 6.07) is 4.91. The van der Waals surface area contributed by atoms with E-state index in [1.165, 1.54) is 24.2 Å². The maximum Gasteiger partial charge on any atom is 0.265 e. The molecule has 2 rings (SSSR count). The monoisotopic (exact) mass is 326 g/mol. The van der Waals surface area contributed by atoms with Crippen LogP contribution in [0.3, 0.4) is 0 Å². The highest BCUT2D eigenvalue weighted by Crippen LogP contribution is 2.30. The van der Waals surface area contributed by atoms with Crippen LogP contribution >= 0.6 is 12.2 Å². The van der Waals surface area contributed by atoms with Gasteiger partial charge in [-0.3, -0.25) is 9.40 Å². The van der Waals surface area contributed by atoms with Crippen molar-refractivity contribution in [2.24, 2.45) is 12.8 Å². The molecule has 3 N–H and O–H groups in total. The van der Waals surface area contributed by atoms with Gasteiger partial charge in [-0.1, -0.05) is 18.3 Å². The van der Waals surface area contributed by atoms with Gasteiger partial charge in [0.05, 0.1) is 13.3 Å². The van der Waals surface area contributed by atoms with Gasteiger partial charge in [0.25, 0.3) is 10.0 Å². The molecule has 0 aliphatic carbocycles. The summed E-state index contributed by atoms with van der Waals surface area (Å²) < 4.78 is 33.7. The number of rotatable bonds is 5. The molecule has 0 bridgehead atoms. The Bertz CT molecular complexity index is 784. The number of methoxy groups -OCH3 is 1. The first-order valence-electron chi connectivity index (χ1n) is 5.83. The van der Waals surface area contributed by atoms with E-state index in [9.17, 15) is 8.42 Å². The van der Waals surface area contributed by atoms with Gasteiger partial charge in [0, 0.05) is 18.8 Å². The molecular formula is C12H14N4O3S2. The number of nitrogens with one attached hydrogen (secondary N) is 1. The smallest absolute Gasteiger partial charge is 0.265 e. The van der Waals surface area contributed by atoms with Gasteiger partial charge in [0.15, 0.2) is 0 Å². The Morgan fingerprint density at radius 3 is 2.71 bits per heavy atom. The summed E-state index contributed by atoms with van der Waals surface area (Å²) in [7, 11) is -0.751.